The van der Waals surface area contributed by atoms with Gasteiger partial charge in [0.25, 0.3) is 0 Å². The van der Waals surface area contributed by atoms with Crippen molar-refractivity contribution < 1.29 is 28.6 Å². The molecule has 0 aliphatic carbocycles. The van der Waals surface area contributed by atoms with E-state index in [1.54, 1.807) is 0 Å². The van der Waals surface area contributed by atoms with E-state index in [1.165, 1.54) is 128 Å². The van der Waals surface area contributed by atoms with E-state index in [4.69, 9.17) is 14.2 Å². The molecule has 0 N–H and O–H groups in total. The van der Waals surface area contributed by atoms with Crippen molar-refractivity contribution in [2.75, 3.05) is 13.2 Å². The molecule has 362 valence electrons. The molecular weight excluding hydrogens is 781 g/mol. The van der Waals surface area contributed by atoms with Crippen LogP contribution in [0, 0.1) is 0 Å². The van der Waals surface area contributed by atoms with Crippen LogP contribution in [-0.4, -0.2) is 37.2 Å². The largest absolute Gasteiger partial charge is 0.462 e. The molecular formula is C57H98O6. The summed E-state index contributed by atoms with van der Waals surface area (Å²) in [7, 11) is 0. The lowest BCUT2D eigenvalue weighted by molar-refractivity contribution is -0.167. The standard InChI is InChI=1S/C57H98O6/c1-4-7-10-13-16-19-22-24-26-28-30-32-35-38-41-44-47-50-56(59)62-53-54(52-61-55(58)49-46-43-40-37-34-21-18-15-12-9-6-3)63-57(60)51-48-45-42-39-36-33-31-29-27-25-23-20-17-14-11-8-5-2/h7,10,16,19,24-27,30,32,38,41,54H,4-6,8-9,11-15,17-18,20-23,28-29,31,33-37,39-40,42-53H2,1-3H3/b10-7-,19-16-,26-24-,27-25-,32-30-,41-38-/t54-/m0/s1. The van der Waals surface area contributed by atoms with Gasteiger partial charge in [-0.1, -0.05) is 222 Å². The van der Waals surface area contributed by atoms with E-state index < -0.39 is 6.10 Å². The van der Waals surface area contributed by atoms with Crippen LogP contribution in [0.3, 0.4) is 0 Å². The fourth-order valence-corrected chi connectivity index (χ4v) is 7.24. The van der Waals surface area contributed by atoms with Gasteiger partial charge in [0, 0.05) is 19.3 Å². The number of hydrogen-bond acceptors (Lipinski definition) is 6. The molecule has 0 radical (unpaired) electrons. The lowest BCUT2D eigenvalue weighted by Gasteiger charge is -2.18. The van der Waals surface area contributed by atoms with Crippen molar-refractivity contribution in [1.29, 1.82) is 0 Å². The van der Waals surface area contributed by atoms with E-state index in [-0.39, 0.29) is 37.5 Å². The first kappa shape index (κ1) is 59.9. The fraction of sp³-hybridized carbons (Fsp3) is 0.737. The Morgan fingerprint density at radius 3 is 1.05 bits per heavy atom. The van der Waals surface area contributed by atoms with Crippen molar-refractivity contribution in [2.45, 2.75) is 258 Å². The molecule has 6 nitrogen and oxygen atoms in total. The van der Waals surface area contributed by atoms with Gasteiger partial charge in [-0.05, 0) is 83.5 Å². The maximum absolute atomic E-state index is 12.8. The SMILES string of the molecule is CC/C=C\C/C=C\C/C=C\C/C=C\C/C=C\CCCC(=O)OC[C@H](COC(=O)CCCCCCCCCCCCC)OC(=O)CCCCCCCCC/C=C\CCCCCCCC. The lowest BCUT2D eigenvalue weighted by atomic mass is 10.1. The number of allylic oxidation sites excluding steroid dienone is 12. The highest BCUT2D eigenvalue weighted by Crippen LogP contribution is 2.15. The molecule has 0 aromatic rings. The number of carbonyl (C=O) groups is 3. The molecule has 0 amide bonds. The van der Waals surface area contributed by atoms with E-state index in [0.717, 1.165) is 77.0 Å². The zero-order chi connectivity index (χ0) is 45.8. The Kier molecular flexibility index (Phi) is 48.9. The Hall–Kier alpha value is -3.15. The van der Waals surface area contributed by atoms with Gasteiger partial charge in [-0.25, -0.2) is 0 Å². The summed E-state index contributed by atoms with van der Waals surface area (Å²) in [6.45, 7) is 6.47. The predicted octanol–water partition coefficient (Wildman–Crippen LogP) is 17.4. The molecule has 0 rings (SSSR count). The second-order valence-corrected chi connectivity index (χ2v) is 17.4. The van der Waals surface area contributed by atoms with E-state index in [0.29, 0.717) is 19.3 Å². The van der Waals surface area contributed by atoms with Gasteiger partial charge in [-0.2, -0.15) is 0 Å². The van der Waals surface area contributed by atoms with Gasteiger partial charge < -0.3 is 14.2 Å². The van der Waals surface area contributed by atoms with Gasteiger partial charge in [0.1, 0.15) is 13.2 Å². The van der Waals surface area contributed by atoms with E-state index in [1.807, 2.05) is 0 Å². The smallest absolute Gasteiger partial charge is 0.306 e. The first-order valence-corrected chi connectivity index (χ1v) is 26.4. The number of hydrogen-bond donors (Lipinski definition) is 0. The Morgan fingerprint density at radius 2 is 0.635 bits per heavy atom. The third-order valence-electron chi connectivity index (χ3n) is 11.2. The molecule has 0 aliphatic heterocycles. The van der Waals surface area contributed by atoms with Crippen LogP contribution in [0.15, 0.2) is 72.9 Å². The van der Waals surface area contributed by atoms with Crippen LogP contribution >= 0.6 is 0 Å². The minimum atomic E-state index is -0.798. The Labute approximate surface area is 389 Å². The summed E-state index contributed by atoms with van der Waals surface area (Å²) >= 11 is 0. The zero-order valence-electron chi connectivity index (χ0n) is 41.3. The molecule has 0 spiro atoms. The highest BCUT2D eigenvalue weighted by atomic mass is 16.6. The lowest BCUT2D eigenvalue weighted by Crippen LogP contribution is -2.30. The molecule has 6 heteroatoms. The molecule has 0 heterocycles. The molecule has 63 heavy (non-hydrogen) atoms. The molecule has 0 fully saturated rings. The fourth-order valence-electron chi connectivity index (χ4n) is 7.24. The minimum Gasteiger partial charge on any atom is -0.462 e. The number of carbonyl (C=O) groups excluding carboxylic acids is 3. The molecule has 0 aliphatic rings. The quantitative estimate of drug-likeness (QED) is 0.0262. The van der Waals surface area contributed by atoms with Crippen molar-refractivity contribution in [3.05, 3.63) is 72.9 Å². The monoisotopic (exact) mass is 879 g/mol. The molecule has 0 saturated carbocycles. The Bertz CT molecular complexity index is 1190. The van der Waals surface area contributed by atoms with Crippen LogP contribution in [-0.2, 0) is 28.6 Å². The van der Waals surface area contributed by atoms with Crippen LogP contribution in [0.5, 0.6) is 0 Å². The maximum atomic E-state index is 12.8. The van der Waals surface area contributed by atoms with E-state index in [2.05, 4.69) is 93.7 Å². The summed E-state index contributed by atoms with van der Waals surface area (Å²) in [4.78, 5) is 38.0. The van der Waals surface area contributed by atoms with E-state index >= 15 is 0 Å². The summed E-state index contributed by atoms with van der Waals surface area (Å²) in [5.41, 5.74) is 0. The van der Waals surface area contributed by atoms with Gasteiger partial charge in [0.2, 0.25) is 0 Å². The molecule has 1 atom stereocenters. The summed E-state index contributed by atoms with van der Waals surface area (Å²) in [5, 5.41) is 0. The highest BCUT2D eigenvalue weighted by Gasteiger charge is 2.19. The first-order chi connectivity index (χ1) is 31.0. The van der Waals surface area contributed by atoms with Crippen molar-refractivity contribution in [2.24, 2.45) is 0 Å². The summed E-state index contributed by atoms with van der Waals surface area (Å²) in [6, 6.07) is 0. The number of ether oxygens (including phenoxy) is 3. The first-order valence-electron chi connectivity index (χ1n) is 26.4. The minimum absolute atomic E-state index is 0.0931. The second kappa shape index (κ2) is 51.5. The third kappa shape index (κ3) is 49.7. The molecule has 0 aromatic carbocycles. The summed E-state index contributed by atoms with van der Waals surface area (Å²) < 4.78 is 16.8. The molecule has 0 unspecified atom stereocenters. The van der Waals surface area contributed by atoms with Crippen molar-refractivity contribution in [3.63, 3.8) is 0 Å². The highest BCUT2D eigenvalue weighted by molar-refractivity contribution is 5.71. The van der Waals surface area contributed by atoms with Gasteiger partial charge >= 0.3 is 17.9 Å². The van der Waals surface area contributed by atoms with Crippen molar-refractivity contribution in [3.8, 4) is 0 Å². The zero-order valence-corrected chi connectivity index (χ0v) is 41.3. The van der Waals surface area contributed by atoms with Crippen LogP contribution in [0.1, 0.15) is 252 Å². The van der Waals surface area contributed by atoms with Gasteiger partial charge in [0.15, 0.2) is 6.10 Å². The van der Waals surface area contributed by atoms with Crippen LogP contribution in [0.2, 0.25) is 0 Å². The number of rotatable bonds is 47. The third-order valence-corrected chi connectivity index (χ3v) is 11.2. The molecule has 0 bridgehead atoms. The Balaban J connectivity index is 4.45. The van der Waals surface area contributed by atoms with Gasteiger partial charge in [0.05, 0.1) is 0 Å². The number of unbranched alkanes of at least 4 members (excludes halogenated alkanes) is 24. The maximum Gasteiger partial charge on any atom is 0.306 e. The van der Waals surface area contributed by atoms with Crippen LogP contribution in [0.4, 0.5) is 0 Å². The van der Waals surface area contributed by atoms with Gasteiger partial charge in [-0.3, -0.25) is 14.4 Å². The average Bonchev–Trinajstić information content (AvgIpc) is 3.28. The summed E-state index contributed by atoms with van der Waals surface area (Å²) in [5.74, 6) is -0.956. The van der Waals surface area contributed by atoms with Crippen LogP contribution in [0.25, 0.3) is 0 Å². The summed E-state index contributed by atoms with van der Waals surface area (Å²) in [6.07, 6.45) is 64.6. The van der Waals surface area contributed by atoms with Gasteiger partial charge in [-0.15, -0.1) is 0 Å². The van der Waals surface area contributed by atoms with Crippen LogP contribution < -0.4 is 0 Å². The number of esters is 3. The normalized spacial score (nSPS) is 12.6. The molecule has 0 saturated heterocycles. The van der Waals surface area contributed by atoms with E-state index in [9.17, 15) is 14.4 Å². The van der Waals surface area contributed by atoms with Crippen molar-refractivity contribution >= 4 is 17.9 Å². The predicted molar refractivity (Wildman–Crippen MR) is 270 cm³/mol. The topological polar surface area (TPSA) is 78.9 Å². The Morgan fingerprint density at radius 1 is 0.333 bits per heavy atom. The van der Waals surface area contributed by atoms with Crippen molar-refractivity contribution in [1.82, 2.24) is 0 Å². The second-order valence-electron chi connectivity index (χ2n) is 17.4. The average molecular weight is 879 g/mol. The molecule has 0 aromatic heterocycles.